The summed E-state index contributed by atoms with van der Waals surface area (Å²) in [6, 6.07) is 0. The maximum atomic E-state index is 4.25. The van der Waals surface area contributed by atoms with Gasteiger partial charge in [0.25, 0.3) is 0 Å². The molecule has 1 aromatic rings. The highest BCUT2D eigenvalue weighted by Gasteiger charge is 2.22. The molecule has 0 spiro atoms. The smallest absolute Gasteiger partial charge is 0.0685 e. The zero-order valence-corrected chi connectivity index (χ0v) is 6.44. The fourth-order valence-corrected chi connectivity index (χ4v) is 1.69. The first-order chi connectivity index (χ1) is 4.79. The highest BCUT2D eigenvalue weighted by Crippen LogP contribution is 2.31. The van der Waals surface area contributed by atoms with Gasteiger partial charge in [-0.25, -0.2) is 0 Å². The topological polar surface area (TPSA) is 28.7 Å². The van der Waals surface area contributed by atoms with Gasteiger partial charge in [0.05, 0.1) is 5.69 Å². The summed E-state index contributed by atoms with van der Waals surface area (Å²) < 4.78 is 0. The Kier molecular flexibility index (Phi) is 1.10. The highest BCUT2D eigenvalue weighted by atomic mass is 15.1. The van der Waals surface area contributed by atoms with Gasteiger partial charge in [0.2, 0.25) is 0 Å². The lowest BCUT2D eigenvalue weighted by atomic mass is 10.1. The summed E-state index contributed by atoms with van der Waals surface area (Å²) in [7, 11) is 0. The van der Waals surface area contributed by atoms with Gasteiger partial charge in [0.1, 0.15) is 0 Å². The molecule has 2 nitrogen and oxygen atoms in total. The van der Waals surface area contributed by atoms with Crippen LogP contribution in [-0.2, 0) is 6.42 Å². The minimum atomic E-state index is 0.681. The van der Waals surface area contributed by atoms with Gasteiger partial charge >= 0.3 is 0 Å². The van der Waals surface area contributed by atoms with E-state index in [1.165, 1.54) is 29.8 Å². The zero-order valence-electron chi connectivity index (χ0n) is 6.44. The summed E-state index contributed by atoms with van der Waals surface area (Å²) in [6.07, 6.45) is 2.51. The van der Waals surface area contributed by atoms with Crippen molar-refractivity contribution in [2.24, 2.45) is 0 Å². The van der Waals surface area contributed by atoms with Gasteiger partial charge in [0, 0.05) is 11.6 Å². The van der Waals surface area contributed by atoms with Crippen LogP contribution in [0.25, 0.3) is 0 Å². The molecule has 2 heteroatoms. The molecular formula is C8H12N2. The monoisotopic (exact) mass is 136 g/mol. The van der Waals surface area contributed by atoms with E-state index in [0.717, 1.165) is 0 Å². The van der Waals surface area contributed by atoms with Gasteiger partial charge < -0.3 is 0 Å². The van der Waals surface area contributed by atoms with Gasteiger partial charge in [-0.15, -0.1) is 0 Å². The molecule has 10 heavy (non-hydrogen) atoms. The van der Waals surface area contributed by atoms with Crippen molar-refractivity contribution >= 4 is 0 Å². The van der Waals surface area contributed by atoms with Gasteiger partial charge in [-0.05, 0) is 25.3 Å². The van der Waals surface area contributed by atoms with Crippen LogP contribution in [-0.4, -0.2) is 10.2 Å². The lowest BCUT2D eigenvalue weighted by molar-refractivity contribution is 0.713. The SMILES string of the molecule is Cc1[nH]nc2c1CCC2C. The number of nitrogens with one attached hydrogen (secondary N) is 1. The van der Waals surface area contributed by atoms with Crippen molar-refractivity contribution in [1.29, 1.82) is 0 Å². The zero-order chi connectivity index (χ0) is 7.14. The number of hydrogen-bond acceptors (Lipinski definition) is 1. The van der Waals surface area contributed by atoms with E-state index >= 15 is 0 Å². The molecule has 54 valence electrons. The normalized spacial score (nSPS) is 23.2. The minimum absolute atomic E-state index is 0.681. The van der Waals surface area contributed by atoms with E-state index in [-0.39, 0.29) is 0 Å². The van der Waals surface area contributed by atoms with Gasteiger partial charge in [-0.1, -0.05) is 6.92 Å². The van der Waals surface area contributed by atoms with E-state index in [0.29, 0.717) is 5.92 Å². The Balaban J connectivity index is 2.53. The van der Waals surface area contributed by atoms with Gasteiger partial charge in [-0.2, -0.15) is 5.10 Å². The van der Waals surface area contributed by atoms with Crippen LogP contribution >= 0.6 is 0 Å². The van der Waals surface area contributed by atoms with Crippen LogP contribution in [0.2, 0.25) is 0 Å². The van der Waals surface area contributed by atoms with Crippen molar-refractivity contribution in [1.82, 2.24) is 10.2 Å². The summed E-state index contributed by atoms with van der Waals surface area (Å²) in [4.78, 5) is 0. The molecule has 0 bridgehead atoms. The van der Waals surface area contributed by atoms with E-state index in [2.05, 4.69) is 24.0 Å². The predicted octanol–water partition coefficient (Wildman–Crippen LogP) is 1.77. The van der Waals surface area contributed by atoms with Crippen molar-refractivity contribution in [3.8, 4) is 0 Å². The number of rotatable bonds is 0. The van der Waals surface area contributed by atoms with Crippen molar-refractivity contribution in [2.45, 2.75) is 32.6 Å². The first kappa shape index (κ1) is 5.96. The molecule has 0 aromatic carbocycles. The van der Waals surface area contributed by atoms with Crippen molar-refractivity contribution in [2.75, 3.05) is 0 Å². The average molecular weight is 136 g/mol. The van der Waals surface area contributed by atoms with Crippen LogP contribution in [0.3, 0.4) is 0 Å². The largest absolute Gasteiger partial charge is 0.282 e. The summed E-state index contributed by atoms with van der Waals surface area (Å²) >= 11 is 0. The summed E-state index contributed by atoms with van der Waals surface area (Å²) in [5.41, 5.74) is 4.03. The van der Waals surface area contributed by atoms with Crippen molar-refractivity contribution in [3.63, 3.8) is 0 Å². The quantitative estimate of drug-likeness (QED) is 0.578. The third-order valence-electron chi connectivity index (χ3n) is 2.40. The fraction of sp³-hybridized carbons (Fsp3) is 0.625. The van der Waals surface area contributed by atoms with Crippen molar-refractivity contribution < 1.29 is 0 Å². The number of hydrogen-bond donors (Lipinski definition) is 1. The number of nitrogens with zero attached hydrogens (tertiary/aromatic N) is 1. The molecule has 1 heterocycles. The van der Waals surface area contributed by atoms with Crippen molar-refractivity contribution in [3.05, 3.63) is 17.0 Å². The van der Waals surface area contributed by atoms with Gasteiger partial charge in [-0.3, -0.25) is 5.10 Å². The Labute approximate surface area is 60.6 Å². The number of H-pyrrole nitrogens is 1. The molecule has 0 aliphatic heterocycles. The van der Waals surface area contributed by atoms with E-state index < -0.39 is 0 Å². The molecule has 0 radical (unpaired) electrons. The van der Waals surface area contributed by atoms with Crippen LogP contribution in [0.15, 0.2) is 0 Å². The molecule has 1 aliphatic carbocycles. The molecule has 1 aromatic heterocycles. The lowest BCUT2D eigenvalue weighted by Crippen LogP contribution is -1.86. The maximum absolute atomic E-state index is 4.25. The minimum Gasteiger partial charge on any atom is -0.282 e. The van der Waals surface area contributed by atoms with E-state index in [1.807, 2.05) is 0 Å². The Bertz CT molecular complexity index is 250. The number of aromatic amines is 1. The van der Waals surface area contributed by atoms with Crippen LogP contribution in [0.5, 0.6) is 0 Å². The molecule has 1 unspecified atom stereocenters. The second-order valence-corrected chi connectivity index (χ2v) is 3.15. The first-order valence-corrected chi connectivity index (χ1v) is 3.83. The van der Waals surface area contributed by atoms with Gasteiger partial charge in [0.15, 0.2) is 0 Å². The first-order valence-electron chi connectivity index (χ1n) is 3.83. The number of aromatic nitrogens is 2. The highest BCUT2D eigenvalue weighted by molar-refractivity contribution is 5.31. The molecule has 2 rings (SSSR count). The molecule has 1 atom stereocenters. The standard InChI is InChI=1S/C8H12N2/c1-5-3-4-7-6(2)9-10-8(5)7/h5H,3-4H2,1-2H3,(H,9,10). The van der Waals surface area contributed by atoms with Crippen LogP contribution in [0.4, 0.5) is 0 Å². The molecule has 0 fully saturated rings. The summed E-state index contributed by atoms with van der Waals surface area (Å²) in [6.45, 7) is 4.34. The Morgan fingerprint density at radius 1 is 1.60 bits per heavy atom. The third kappa shape index (κ3) is 0.618. The molecule has 1 N–H and O–H groups in total. The molecule has 0 amide bonds. The molecule has 1 aliphatic rings. The number of fused-ring (bicyclic) bond motifs is 1. The fourth-order valence-electron chi connectivity index (χ4n) is 1.69. The van der Waals surface area contributed by atoms with Crippen LogP contribution in [0.1, 0.15) is 36.2 Å². The van der Waals surface area contributed by atoms with Crippen LogP contribution < -0.4 is 0 Å². The Hall–Kier alpha value is -0.790. The second-order valence-electron chi connectivity index (χ2n) is 3.15. The number of aryl methyl sites for hydroxylation is 1. The molecule has 0 saturated heterocycles. The molecule has 0 saturated carbocycles. The van der Waals surface area contributed by atoms with E-state index in [4.69, 9.17) is 0 Å². The third-order valence-corrected chi connectivity index (χ3v) is 2.40. The molecular weight excluding hydrogens is 124 g/mol. The van der Waals surface area contributed by atoms with Crippen LogP contribution in [0, 0.1) is 6.92 Å². The van der Waals surface area contributed by atoms with E-state index in [1.54, 1.807) is 0 Å². The summed E-state index contributed by atoms with van der Waals surface area (Å²) in [5.74, 6) is 0.681. The average Bonchev–Trinajstić information content (AvgIpc) is 2.41. The lowest BCUT2D eigenvalue weighted by Gasteiger charge is -1.94. The Morgan fingerprint density at radius 3 is 3.10 bits per heavy atom. The van der Waals surface area contributed by atoms with E-state index in [9.17, 15) is 0 Å². The second kappa shape index (κ2) is 1.84. The predicted molar refractivity (Wildman–Crippen MR) is 40.1 cm³/mol. The Morgan fingerprint density at radius 2 is 2.40 bits per heavy atom. The summed E-state index contributed by atoms with van der Waals surface area (Å²) in [5, 5.41) is 7.27. The maximum Gasteiger partial charge on any atom is 0.0685 e.